The zero-order valence-corrected chi connectivity index (χ0v) is 10.4. The predicted octanol–water partition coefficient (Wildman–Crippen LogP) is 3.38. The van der Waals surface area contributed by atoms with Crippen LogP contribution < -0.4 is 5.73 Å². The van der Waals surface area contributed by atoms with Crippen molar-refractivity contribution in [1.29, 1.82) is 0 Å². The van der Waals surface area contributed by atoms with Crippen LogP contribution in [0.5, 0.6) is 0 Å². The van der Waals surface area contributed by atoms with Crippen LogP contribution in [-0.4, -0.2) is 6.54 Å². The van der Waals surface area contributed by atoms with Crippen molar-refractivity contribution in [2.24, 2.45) is 5.73 Å². The van der Waals surface area contributed by atoms with E-state index in [1.54, 1.807) is 0 Å². The van der Waals surface area contributed by atoms with Crippen LogP contribution in [0.3, 0.4) is 0 Å². The fraction of sp³-hybridized carbons (Fsp3) is 0.200. The fourth-order valence-electron chi connectivity index (χ4n) is 2.48. The van der Waals surface area contributed by atoms with Gasteiger partial charge in [0.15, 0.2) is 0 Å². The highest BCUT2D eigenvalue weighted by atomic mass is 32.2. The molecule has 0 bridgehead atoms. The molecular formula is C15H15NS. The topological polar surface area (TPSA) is 26.0 Å². The normalized spacial score (nSPS) is 18.1. The van der Waals surface area contributed by atoms with Gasteiger partial charge >= 0.3 is 0 Å². The number of benzene rings is 2. The van der Waals surface area contributed by atoms with Crippen molar-refractivity contribution in [2.45, 2.75) is 16.6 Å². The van der Waals surface area contributed by atoms with Gasteiger partial charge in [-0.25, -0.2) is 0 Å². The monoisotopic (exact) mass is 241 g/mol. The van der Waals surface area contributed by atoms with Crippen molar-refractivity contribution in [1.82, 2.24) is 0 Å². The summed E-state index contributed by atoms with van der Waals surface area (Å²) in [7, 11) is 0. The lowest BCUT2D eigenvalue weighted by atomic mass is 9.89. The second-order valence-electron chi connectivity index (χ2n) is 4.31. The highest BCUT2D eigenvalue weighted by molar-refractivity contribution is 7.98. The summed E-state index contributed by atoms with van der Waals surface area (Å²) in [5.74, 6) is 1.39. The van der Waals surface area contributed by atoms with Gasteiger partial charge in [0.25, 0.3) is 0 Å². The summed E-state index contributed by atoms with van der Waals surface area (Å²) in [4.78, 5) is 1.37. The summed E-state index contributed by atoms with van der Waals surface area (Å²) < 4.78 is 0. The van der Waals surface area contributed by atoms with E-state index in [1.165, 1.54) is 21.6 Å². The van der Waals surface area contributed by atoms with E-state index < -0.39 is 0 Å². The van der Waals surface area contributed by atoms with E-state index in [0.29, 0.717) is 12.5 Å². The summed E-state index contributed by atoms with van der Waals surface area (Å²) in [5, 5.41) is 0. The van der Waals surface area contributed by atoms with Crippen LogP contribution in [-0.2, 0) is 5.75 Å². The second-order valence-corrected chi connectivity index (χ2v) is 5.33. The molecule has 1 aliphatic rings. The minimum atomic E-state index is 0.345. The molecule has 0 unspecified atom stereocenters. The number of hydrogen-bond donors (Lipinski definition) is 1. The maximum absolute atomic E-state index is 5.99. The lowest BCUT2D eigenvalue weighted by Crippen LogP contribution is -2.14. The van der Waals surface area contributed by atoms with Gasteiger partial charge in [-0.2, -0.15) is 0 Å². The third kappa shape index (κ3) is 1.88. The molecule has 2 aromatic carbocycles. The Hall–Kier alpha value is -1.25. The van der Waals surface area contributed by atoms with Crippen molar-refractivity contribution in [2.75, 3.05) is 6.54 Å². The molecule has 0 aromatic heterocycles. The smallest absolute Gasteiger partial charge is 0.0235 e. The molecule has 0 saturated carbocycles. The standard InChI is InChI=1S/C15H15NS/c16-9-14-12-6-2-1-5-11(12)10-17-15-8-4-3-7-13(14)15/h1-8,14H,9-10,16H2/t14-/m0/s1. The largest absolute Gasteiger partial charge is 0.330 e. The van der Waals surface area contributed by atoms with Gasteiger partial charge in [-0.15, -0.1) is 11.8 Å². The number of nitrogens with two attached hydrogens (primary N) is 1. The summed E-state index contributed by atoms with van der Waals surface area (Å²) in [6.45, 7) is 0.675. The first-order chi connectivity index (χ1) is 8.40. The summed E-state index contributed by atoms with van der Waals surface area (Å²) in [6.07, 6.45) is 0. The van der Waals surface area contributed by atoms with E-state index in [-0.39, 0.29) is 0 Å². The average molecular weight is 241 g/mol. The molecule has 2 N–H and O–H groups in total. The molecule has 0 spiro atoms. The molecule has 0 aliphatic carbocycles. The Morgan fingerprint density at radius 1 is 1.00 bits per heavy atom. The molecule has 17 heavy (non-hydrogen) atoms. The first-order valence-corrected chi connectivity index (χ1v) is 6.88. The van der Waals surface area contributed by atoms with Crippen LogP contribution >= 0.6 is 11.8 Å². The van der Waals surface area contributed by atoms with Crippen LogP contribution in [0.4, 0.5) is 0 Å². The SMILES string of the molecule is NC[C@H]1c2ccccc2CSc2ccccc21. The van der Waals surface area contributed by atoms with E-state index in [2.05, 4.69) is 48.5 Å². The number of hydrogen-bond acceptors (Lipinski definition) is 2. The molecule has 1 aliphatic heterocycles. The Balaban J connectivity index is 2.19. The molecule has 1 heterocycles. The van der Waals surface area contributed by atoms with Crippen LogP contribution in [0.15, 0.2) is 53.4 Å². The van der Waals surface area contributed by atoms with Crippen molar-refractivity contribution >= 4 is 11.8 Å². The van der Waals surface area contributed by atoms with Crippen molar-refractivity contribution in [3.8, 4) is 0 Å². The fourth-order valence-corrected chi connectivity index (χ4v) is 3.61. The first-order valence-electron chi connectivity index (χ1n) is 5.89. The lowest BCUT2D eigenvalue weighted by molar-refractivity contribution is 0.799. The van der Waals surface area contributed by atoms with Gasteiger partial charge in [0.05, 0.1) is 0 Å². The Morgan fingerprint density at radius 2 is 1.71 bits per heavy atom. The van der Waals surface area contributed by atoms with E-state index in [1.807, 2.05) is 11.8 Å². The van der Waals surface area contributed by atoms with E-state index in [4.69, 9.17) is 5.73 Å². The molecule has 3 rings (SSSR count). The van der Waals surface area contributed by atoms with Crippen molar-refractivity contribution in [3.63, 3.8) is 0 Å². The van der Waals surface area contributed by atoms with Crippen LogP contribution in [0, 0.1) is 0 Å². The van der Waals surface area contributed by atoms with Gasteiger partial charge < -0.3 is 5.73 Å². The molecule has 2 aromatic rings. The third-order valence-electron chi connectivity index (χ3n) is 3.34. The predicted molar refractivity (Wildman–Crippen MR) is 73.3 cm³/mol. The zero-order valence-electron chi connectivity index (χ0n) is 9.60. The van der Waals surface area contributed by atoms with E-state index >= 15 is 0 Å². The van der Waals surface area contributed by atoms with Crippen LogP contribution in [0.1, 0.15) is 22.6 Å². The molecule has 1 atom stereocenters. The summed E-state index contributed by atoms with van der Waals surface area (Å²) in [5.41, 5.74) is 10.2. The first kappa shape index (κ1) is 10.9. The molecule has 0 amide bonds. The number of thioether (sulfide) groups is 1. The summed E-state index contributed by atoms with van der Waals surface area (Å²) in [6, 6.07) is 17.3. The van der Waals surface area contributed by atoms with Crippen LogP contribution in [0.25, 0.3) is 0 Å². The van der Waals surface area contributed by atoms with E-state index in [0.717, 1.165) is 5.75 Å². The Kier molecular flexibility index (Phi) is 2.91. The van der Waals surface area contributed by atoms with Gasteiger partial charge in [0.2, 0.25) is 0 Å². The second kappa shape index (κ2) is 4.55. The third-order valence-corrected chi connectivity index (χ3v) is 4.48. The number of rotatable bonds is 1. The van der Waals surface area contributed by atoms with Crippen molar-refractivity contribution < 1.29 is 0 Å². The van der Waals surface area contributed by atoms with Gasteiger partial charge in [0.1, 0.15) is 0 Å². The highest BCUT2D eigenvalue weighted by Gasteiger charge is 2.21. The van der Waals surface area contributed by atoms with Gasteiger partial charge in [-0.05, 0) is 22.8 Å². The molecule has 0 radical (unpaired) electrons. The minimum Gasteiger partial charge on any atom is -0.330 e. The van der Waals surface area contributed by atoms with Crippen LogP contribution in [0.2, 0.25) is 0 Å². The van der Waals surface area contributed by atoms with Crippen molar-refractivity contribution in [3.05, 3.63) is 65.2 Å². The Labute approximate surface area is 106 Å². The maximum Gasteiger partial charge on any atom is 0.0235 e. The highest BCUT2D eigenvalue weighted by Crippen LogP contribution is 2.39. The molecule has 2 heteroatoms. The quantitative estimate of drug-likeness (QED) is 0.828. The van der Waals surface area contributed by atoms with Gasteiger partial charge in [-0.3, -0.25) is 0 Å². The molecule has 1 nitrogen and oxygen atoms in total. The molecule has 0 saturated heterocycles. The molecule has 86 valence electrons. The average Bonchev–Trinajstić information content (AvgIpc) is 2.55. The summed E-state index contributed by atoms with van der Waals surface area (Å²) >= 11 is 1.92. The maximum atomic E-state index is 5.99. The minimum absolute atomic E-state index is 0.345. The zero-order chi connectivity index (χ0) is 11.7. The molecule has 0 fully saturated rings. The number of fused-ring (bicyclic) bond motifs is 2. The lowest BCUT2D eigenvalue weighted by Gasteiger charge is -2.17. The Bertz CT molecular complexity index is 488. The van der Waals surface area contributed by atoms with E-state index in [9.17, 15) is 0 Å². The van der Waals surface area contributed by atoms with Gasteiger partial charge in [-0.1, -0.05) is 42.5 Å². The van der Waals surface area contributed by atoms with Gasteiger partial charge in [0, 0.05) is 23.1 Å². The Morgan fingerprint density at radius 3 is 2.53 bits per heavy atom. The molecular weight excluding hydrogens is 226 g/mol.